The van der Waals surface area contributed by atoms with Crippen LogP contribution in [0.1, 0.15) is 36.7 Å². The number of carbonyl (C=O) groups is 3. The predicted octanol–water partition coefficient (Wildman–Crippen LogP) is 4.09. The van der Waals surface area contributed by atoms with Crippen molar-refractivity contribution in [3.05, 3.63) is 93.4 Å². The van der Waals surface area contributed by atoms with Crippen molar-refractivity contribution in [1.82, 2.24) is 14.8 Å². The zero-order valence-corrected chi connectivity index (χ0v) is 19.0. The third-order valence-electron chi connectivity index (χ3n) is 5.32. The monoisotopic (exact) mass is 474 g/mol. The maximum atomic E-state index is 13.1. The topological polar surface area (TPSA) is 93.9 Å². The number of fused-ring (bicyclic) bond motifs is 2. The number of amides is 1. The molecule has 0 saturated heterocycles. The summed E-state index contributed by atoms with van der Waals surface area (Å²) in [6, 6.07) is 15.8. The number of aryl methyl sites for hydroxylation is 2. The molecular weight excluding hydrogens is 456 g/mol. The maximum absolute atomic E-state index is 13.1. The van der Waals surface area contributed by atoms with Crippen LogP contribution in [0.3, 0.4) is 0 Å². The van der Waals surface area contributed by atoms with Crippen molar-refractivity contribution in [2.24, 2.45) is 0 Å². The van der Waals surface area contributed by atoms with Gasteiger partial charge in [-0.3, -0.25) is 14.4 Å². The fourth-order valence-electron chi connectivity index (χ4n) is 3.76. The van der Waals surface area contributed by atoms with Gasteiger partial charge in [-0.25, -0.2) is 0 Å². The fourth-order valence-corrected chi connectivity index (χ4v) is 5.20. The molecule has 1 amide bonds. The van der Waals surface area contributed by atoms with Gasteiger partial charge in [0.25, 0.3) is 0 Å². The van der Waals surface area contributed by atoms with Crippen molar-refractivity contribution in [2.75, 3.05) is 11.1 Å². The summed E-state index contributed by atoms with van der Waals surface area (Å²) in [6.07, 6.45) is 2.52. The quantitative estimate of drug-likeness (QED) is 0.357. The van der Waals surface area contributed by atoms with Crippen LogP contribution in [0.25, 0.3) is 0 Å². The number of thioether (sulfide) groups is 1. The highest BCUT2D eigenvalue weighted by Gasteiger charge is 2.31. The summed E-state index contributed by atoms with van der Waals surface area (Å²) in [5.74, 6) is -0.679. The first kappa shape index (κ1) is 21.3. The molecule has 2 heterocycles. The first-order valence-corrected chi connectivity index (χ1v) is 12.1. The highest BCUT2D eigenvalue weighted by Crippen LogP contribution is 2.32. The van der Waals surface area contributed by atoms with E-state index in [1.54, 1.807) is 60.1 Å². The van der Waals surface area contributed by atoms with Crippen LogP contribution in [0, 0.1) is 0 Å². The van der Waals surface area contributed by atoms with E-state index in [0.29, 0.717) is 27.5 Å². The Kier molecular flexibility index (Phi) is 5.89. The largest absolute Gasteiger partial charge is 0.325 e. The van der Waals surface area contributed by atoms with Crippen molar-refractivity contribution in [1.29, 1.82) is 0 Å². The second kappa shape index (κ2) is 9.13. The molecule has 0 aliphatic heterocycles. The number of anilines is 1. The molecule has 2 aromatic heterocycles. The molecule has 4 aromatic rings. The highest BCUT2D eigenvalue weighted by molar-refractivity contribution is 7.99. The molecule has 1 N–H and O–H groups in total. The van der Waals surface area contributed by atoms with Crippen molar-refractivity contribution in [3.63, 3.8) is 0 Å². The number of thiophene rings is 1. The third kappa shape index (κ3) is 4.24. The van der Waals surface area contributed by atoms with E-state index >= 15 is 0 Å². The lowest BCUT2D eigenvalue weighted by Gasteiger charge is -2.20. The van der Waals surface area contributed by atoms with Gasteiger partial charge >= 0.3 is 0 Å². The number of rotatable bonds is 7. The van der Waals surface area contributed by atoms with Crippen LogP contribution < -0.4 is 5.32 Å². The van der Waals surface area contributed by atoms with E-state index in [1.807, 2.05) is 16.0 Å². The van der Waals surface area contributed by atoms with Gasteiger partial charge in [0, 0.05) is 28.1 Å². The van der Waals surface area contributed by atoms with Crippen LogP contribution in [0.2, 0.25) is 0 Å². The second-order valence-corrected chi connectivity index (χ2v) is 9.38. The van der Waals surface area contributed by atoms with E-state index in [4.69, 9.17) is 0 Å². The first-order chi connectivity index (χ1) is 16.1. The SMILES string of the molecule is O=C(CSc1nncn1CCc1cccs1)Nc1cccc2c1C(=O)c1ccccc1C2=O. The van der Waals surface area contributed by atoms with E-state index < -0.39 is 0 Å². The summed E-state index contributed by atoms with van der Waals surface area (Å²) in [5.41, 5.74) is 1.61. The van der Waals surface area contributed by atoms with Gasteiger partial charge in [-0.1, -0.05) is 54.2 Å². The maximum Gasteiger partial charge on any atom is 0.234 e. The molecule has 2 aromatic carbocycles. The normalized spacial score (nSPS) is 12.4. The zero-order chi connectivity index (χ0) is 22.8. The van der Waals surface area contributed by atoms with Crippen LogP contribution in [-0.4, -0.2) is 38.0 Å². The van der Waals surface area contributed by atoms with Crippen LogP contribution in [0.15, 0.2) is 71.5 Å². The summed E-state index contributed by atoms with van der Waals surface area (Å²) in [7, 11) is 0. The van der Waals surface area contributed by atoms with Gasteiger partial charge in [0.2, 0.25) is 5.91 Å². The Labute approximate surface area is 197 Å². The second-order valence-electron chi connectivity index (χ2n) is 7.41. The van der Waals surface area contributed by atoms with Crippen LogP contribution in [0.4, 0.5) is 5.69 Å². The summed E-state index contributed by atoms with van der Waals surface area (Å²) in [6.45, 7) is 0.722. The average molecular weight is 475 g/mol. The number of hydrogen-bond donors (Lipinski definition) is 1. The van der Waals surface area contributed by atoms with Crippen LogP contribution in [-0.2, 0) is 17.8 Å². The Hall–Kier alpha value is -3.56. The van der Waals surface area contributed by atoms with Crippen molar-refractivity contribution < 1.29 is 14.4 Å². The van der Waals surface area contributed by atoms with Gasteiger partial charge in [-0.05, 0) is 23.9 Å². The Morgan fingerprint density at radius 2 is 1.76 bits per heavy atom. The number of carbonyl (C=O) groups excluding carboxylic acids is 3. The lowest BCUT2D eigenvalue weighted by atomic mass is 9.83. The number of nitrogens with one attached hydrogen (secondary N) is 1. The Morgan fingerprint density at radius 1 is 0.970 bits per heavy atom. The van der Waals surface area contributed by atoms with Gasteiger partial charge in [0.05, 0.1) is 17.0 Å². The zero-order valence-electron chi connectivity index (χ0n) is 17.4. The van der Waals surface area contributed by atoms with Crippen molar-refractivity contribution in [3.8, 4) is 0 Å². The standard InChI is InChI=1S/C24H18N4O3S2/c29-20(13-33-24-27-25-14-28(24)11-10-15-5-4-12-32-15)26-19-9-3-8-18-21(19)23(31)17-7-2-1-6-16(17)22(18)30/h1-9,12,14H,10-11,13H2,(H,26,29). The Balaban J connectivity index is 1.28. The van der Waals surface area contributed by atoms with Gasteiger partial charge in [0.15, 0.2) is 16.7 Å². The molecule has 0 saturated carbocycles. The van der Waals surface area contributed by atoms with Crippen molar-refractivity contribution >= 4 is 46.3 Å². The molecule has 0 atom stereocenters. The van der Waals surface area contributed by atoms with Gasteiger partial charge in [0.1, 0.15) is 6.33 Å². The van der Waals surface area contributed by atoms with E-state index in [0.717, 1.165) is 13.0 Å². The fraction of sp³-hybridized carbons (Fsp3) is 0.125. The van der Waals surface area contributed by atoms with E-state index in [-0.39, 0.29) is 28.8 Å². The number of hydrogen-bond acceptors (Lipinski definition) is 7. The molecule has 0 fully saturated rings. The predicted molar refractivity (Wildman–Crippen MR) is 127 cm³/mol. The molecule has 0 unspecified atom stereocenters. The molecule has 0 radical (unpaired) electrons. The minimum atomic E-state index is -0.291. The van der Waals surface area contributed by atoms with Gasteiger partial charge in [-0.2, -0.15) is 0 Å². The molecule has 164 valence electrons. The average Bonchev–Trinajstić information content (AvgIpc) is 3.51. The number of ketones is 2. The summed E-state index contributed by atoms with van der Waals surface area (Å²) in [4.78, 5) is 39.9. The van der Waals surface area contributed by atoms with Crippen molar-refractivity contribution in [2.45, 2.75) is 18.1 Å². The minimum Gasteiger partial charge on any atom is -0.325 e. The molecule has 0 spiro atoms. The van der Waals surface area contributed by atoms with E-state index in [2.05, 4.69) is 21.6 Å². The van der Waals surface area contributed by atoms with Crippen LogP contribution in [0.5, 0.6) is 0 Å². The van der Waals surface area contributed by atoms with E-state index in [1.165, 1.54) is 16.6 Å². The lowest BCUT2D eigenvalue weighted by Crippen LogP contribution is -2.24. The third-order valence-corrected chi connectivity index (χ3v) is 7.24. The summed E-state index contributed by atoms with van der Waals surface area (Å²) < 4.78 is 1.92. The lowest BCUT2D eigenvalue weighted by molar-refractivity contribution is -0.113. The smallest absolute Gasteiger partial charge is 0.234 e. The minimum absolute atomic E-state index is 0.0973. The first-order valence-electron chi connectivity index (χ1n) is 10.3. The molecule has 0 bridgehead atoms. The Morgan fingerprint density at radius 3 is 2.55 bits per heavy atom. The summed E-state index contributed by atoms with van der Waals surface area (Å²) >= 11 is 2.98. The molecule has 5 rings (SSSR count). The van der Waals surface area contributed by atoms with Gasteiger partial charge < -0.3 is 9.88 Å². The highest BCUT2D eigenvalue weighted by atomic mass is 32.2. The molecule has 33 heavy (non-hydrogen) atoms. The number of nitrogens with zero attached hydrogens (tertiary/aromatic N) is 3. The summed E-state index contributed by atoms with van der Waals surface area (Å²) in [5, 5.41) is 13.6. The molecule has 7 nitrogen and oxygen atoms in total. The van der Waals surface area contributed by atoms with E-state index in [9.17, 15) is 14.4 Å². The molecule has 1 aliphatic carbocycles. The molecule has 1 aliphatic rings. The molecular formula is C24H18N4O3S2. The number of benzene rings is 2. The van der Waals surface area contributed by atoms with Gasteiger partial charge in [-0.15, -0.1) is 21.5 Å². The Bertz CT molecular complexity index is 1360. The number of aromatic nitrogens is 3. The van der Waals surface area contributed by atoms with Crippen LogP contribution >= 0.6 is 23.1 Å². The molecule has 9 heteroatoms.